The molecule has 2 amide bonds. The average Bonchev–Trinajstić information content (AvgIpc) is 3.40. The van der Waals surface area contributed by atoms with Gasteiger partial charge in [0.25, 0.3) is 11.6 Å². The number of hydroxylamine groups is 1. The molecule has 0 aliphatic carbocycles. The van der Waals surface area contributed by atoms with Crippen LogP contribution in [0.1, 0.15) is 11.6 Å². The molecule has 36 heavy (non-hydrogen) atoms. The third kappa shape index (κ3) is 3.76. The van der Waals surface area contributed by atoms with Crippen LogP contribution < -0.4 is 19.4 Å². The summed E-state index contributed by atoms with van der Waals surface area (Å²) in [7, 11) is 2.79. The van der Waals surface area contributed by atoms with Crippen LogP contribution in [-0.2, 0) is 14.4 Å². The molecule has 2 aliphatic heterocycles. The van der Waals surface area contributed by atoms with Crippen molar-refractivity contribution in [1.29, 1.82) is 0 Å². The number of hydrogen-bond acceptors (Lipinski definition) is 8. The van der Waals surface area contributed by atoms with Crippen molar-refractivity contribution in [1.82, 2.24) is 0 Å². The van der Waals surface area contributed by atoms with Crippen LogP contribution in [0.15, 0.2) is 71.2 Å². The first-order valence-corrected chi connectivity index (χ1v) is 11.7. The zero-order valence-corrected chi connectivity index (χ0v) is 20.7. The summed E-state index contributed by atoms with van der Waals surface area (Å²) < 4.78 is 11.4. The topological polar surface area (TPSA) is 111 Å². The fourth-order valence-electron chi connectivity index (χ4n) is 4.65. The van der Waals surface area contributed by atoms with Gasteiger partial charge in [-0.15, -0.1) is 0 Å². The van der Waals surface area contributed by atoms with Gasteiger partial charge in [0.2, 0.25) is 5.91 Å². The lowest BCUT2D eigenvalue weighted by atomic mass is 9.89. The second-order valence-corrected chi connectivity index (χ2v) is 9.09. The summed E-state index contributed by atoms with van der Waals surface area (Å²) in [5.41, 5.74) is 0.799. The van der Waals surface area contributed by atoms with Crippen LogP contribution in [-0.4, -0.2) is 37.1 Å². The van der Waals surface area contributed by atoms with E-state index < -0.39 is 34.8 Å². The van der Waals surface area contributed by atoms with E-state index in [1.165, 1.54) is 31.4 Å². The summed E-state index contributed by atoms with van der Waals surface area (Å²) in [5.74, 6) is -1.69. The highest BCUT2D eigenvalue weighted by molar-refractivity contribution is 9.10. The predicted molar refractivity (Wildman–Crippen MR) is 133 cm³/mol. The van der Waals surface area contributed by atoms with E-state index in [9.17, 15) is 19.7 Å². The summed E-state index contributed by atoms with van der Waals surface area (Å²) in [6.45, 7) is 0. The molecule has 3 atom stereocenters. The lowest BCUT2D eigenvalue weighted by Crippen LogP contribution is -2.37. The average molecular weight is 554 g/mol. The Kier molecular flexibility index (Phi) is 6.10. The number of ether oxygens (including phenoxy) is 2. The maximum Gasteiger partial charge on any atom is 0.278 e. The summed E-state index contributed by atoms with van der Waals surface area (Å²) in [6, 6.07) is 17.3. The van der Waals surface area contributed by atoms with Crippen LogP contribution in [0.25, 0.3) is 0 Å². The van der Waals surface area contributed by atoms with Crippen molar-refractivity contribution in [3.63, 3.8) is 0 Å². The molecule has 5 rings (SSSR count). The fourth-order valence-corrected chi connectivity index (χ4v) is 4.92. The number of benzene rings is 3. The van der Waals surface area contributed by atoms with Gasteiger partial charge in [0.05, 0.1) is 42.1 Å². The maximum atomic E-state index is 13.8. The van der Waals surface area contributed by atoms with Crippen molar-refractivity contribution < 1.29 is 28.8 Å². The summed E-state index contributed by atoms with van der Waals surface area (Å²) in [5, 5.41) is 13.5. The Bertz CT molecular complexity index is 1350. The summed E-state index contributed by atoms with van der Waals surface area (Å²) in [4.78, 5) is 45.9. The SMILES string of the molecule is COc1cc([C@H]2[C@H]3C(=O)N(c4ccc(Br)cc4)C(=O)[C@@H]3ON2c2ccccc2)c([N+](=O)[O-])cc1OC. The standard InChI is InChI=1S/C25H20BrN3O7/c1-34-19-12-17(18(29(32)33)13-20(19)35-2)22-21-23(36-28(22)16-6-4-3-5-7-16)25(31)27(24(21)30)15-10-8-14(26)9-11-15/h3-13,21-23H,1-2H3/t21-,22+,23-/m1/s1. The molecule has 3 aromatic carbocycles. The first-order valence-electron chi connectivity index (χ1n) is 10.9. The minimum Gasteiger partial charge on any atom is -0.493 e. The molecule has 0 saturated carbocycles. The van der Waals surface area contributed by atoms with Gasteiger partial charge in [-0.2, -0.15) is 0 Å². The van der Waals surface area contributed by atoms with Crippen molar-refractivity contribution in [2.24, 2.45) is 5.92 Å². The van der Waals surface area contributed by atoms with E-state index >= 15 is 0 Å². The van der Waals surface area contributed by atoms with E-state index in [1.807, 2.05) is 0 Å². The van der Waals surface area contributed by atoms with Gasteiger partial charge in [0, 0.05) is 4.47 Å². The third-order valence-electron chi connectivity index (χ3n) is 6.26. The van der Waals surface area contributed by atoms with Crippen molar-refractivity contribution >= 4 is 44.8 Å². The normalized spacial score (nSPS) is 21.0. The molecule has 2 heterocycles. The number of methoxy groups -OCH3 is 2. The molecule has 10 nitrogen and oxygen atoms in total. The molecule has 0 radical (unpaired) electrons. The molecule has 184 valence electrons. The second-order valence-electron chi connectivity index (χ2n) is 8.17. The van der Waals surface area contributed by atoms with E-state index in [0.29, 0.717) is 11.4 Å². The highest BCUT2D eigenvalue weighted by atomic mass is 79.9. The molecule has 0 bridgehead atoms. The Labute approximate surface area is 214 Å². The number of carbonyl (C=O) groups is 2. The Morgan fingerprint density at radius 1 is 0.917 bits per heavy atom. The molecule has 3 aromatic rings. The number of fused-ring (bicyclic) bond motifs is 1. The molecule has 2 aliphatic rings. The quantitative estimate of drug-likeness (QED) is 0.250. The molecule has 2 saturated heterocycles. The lowest BCUT2D eigenvalue weighted by molar-refractivity contribution is -0.385. The van der Waals surface area contributed by atoms with Crippen LogP contribution in [0.5, 0.6) is 11.5 Å². The van der Waals surface area contributed by atoms with Gasteiger partial charge >= 0.3 is 0 Å². The fraction of sp³-hybridized carbons (Fsp3) is 0.200. The maximum absolute atomic E-state index is 13.8. The number of nitro groups is 1. The molecule has 0 spiro atoms. The Morgan fingerprint density at radius 3 is 2.17 bits per heavy atom. The number of nitrogens with zero attached hydrogens (tertiary/aromatic N) is 3. The number of carbonyl (C=O) groups excluding carboxylic acids is 2. The van der Waals surface area contributed by atoms with Crippen molar-refractivity contribution in [2.75, 3.05) is 24.2 Å². The lowest BCUT2D eigenvalue weighted by Gasteiger charge is -2.29. The minimum absolute atomic E-state index is 0.160. The molecule has 11 heteroatoms. The smallest absolute Gasteiger partial charge is 0.278 e. The van der Waals surface area contributed by atoms with Crippen LogP contribution in [0.4, 0.5) is 17.1 Å². The number of anilines is 2. The second kappa shape index (κ2) is 9.25. The number of imide groups is 1. The minimum atomic E-state index is -1.17. The van der Waals surface area contributed by atoms with Gasteiger partial charge in [-0.25, -0.2) is 9.96 Å². The van der Waals surface area contributed by atoms with Crippen LogP contribution >= 0.6 is 15.9 Å². The van der Waals surface area contributed by atoms with Gasteiger partial charge in [-0.1, -0.05) is 34.1 Å². The van der Waals surface area contributed by atoms with E-state index in [0.717, 1.165) is 9.37 Å². The van der Waals surface area contributed by atoms with Crippen LogP contribution in [0, 0.1) is 16.0 Å². The Hall–Kier alpha value is -3.96. The number of para-hydroxylation sites is 1. The number of nitro benzene ring substituents is 1. The number of hydrogen-bond donors (Lipinski definition) is 0. The molecular formula is C25H20BrN3O7. The Balaban J connectivity index is 1.68. The zero-order valence-electron chi connectivity index (χ0n) is 19.2. The molecule has 0 aromatic heterocycles. The molecule has 0 unspecified atom stereocenters. The van der Waals surface area contributed by atoms with Crippen molar-refractivity contribution in [3.05, 3.63) is 86.9 Å². The third-order valence-corrected chi connectivity index (χ3v) is 6.79. The summed E-state index contributed by atoms with van der Waals surface area (Å²) >= 11 is 3.35. The number of rotatable bonds is 6. The number of amides is 2. The highest BCUT2D eigenvalue weighted by Gasteiger charge is 2.61. The highest BCUT2D eigenvalue weighted by Crippen LogP contribution is 2.51. The van der Waals surface area contributed by atoms with E-state index in [-0.39, 0.29) is 22.7 Å². The van der Waals surface area contributed by atoms with Gasteiger partial charge in [0.15, 0.2) is 17.6 Å². The predicted octanol–water partition coefficient (Wildman–Crippen LogP) is 4.43. The van der Waals surface area contributed by atoms with Crippen LogP contribution in [0.2, 0.25) is 0 Å². The van der Waals surface area contributed by atoms with E-state index in [2.05, 4.69) is 15.9 Å². The van der Waals surface area contributed by atoms with E-state index in [4.69, 9.17) is 14.3 Å². The zero-order chi connectivity index (χ0) is 25.6. The van der Waals surface area contributed by atoms with Gasteiger partial charge in [-0.3, -0.25) is 24.5 Å². The van der Waals surface area contributed by atoms with Gasteiger partial charge < -0.3 is 9.47 Å². The van der Waals surface area contributed by atoms with Gasteiger partial charge in [-0.05, 0) is 42.5 Å². The monoisotopic (exact) mass is 553 g/mol. The van der Waals surface area contributed by atoms with Crippen molar-refractivity contribution in [3.8, 4) is 11.5 Å². The van der Waals surface area contributed by atoms with E-state index in [1.54, 1.807) is 54.6 Å². The first kappa shape index (κ1) is 23.8. The molecular weight excluding hydrogens is 534 g/mol. The largest absolute Gasteiger partial charge is 0.493 e. The van der Waals surface area contributed by atoms with Crippen molar-refractivity contribution in [2.45, 2.75) is 12.1 Å². The first-order chi connectivity index (χ1) is 17.3. The Morgan fingerprint density at radius 2 is 1.56 bits per heavy atom. The summed E-state index contributed by atoms with van der Waals surface area (Å²) in [6.07, 6.45) is -1.17. The van der Waals surface area contributed by atoms with Gasteiger partial charge in [0.1, 0.15) is 12.0 Å². The van der Waals surface area contributed by atoms with Crippen LogP contribution in [0.3, 0.4) is 0 Å². The molecule has 2 fully saturated rings. The number of halogens is 1. The molecule has 0 N–H and O–H groups in total.